The highest BCUT2D eigenvalue weighted by atomic mass is 16.2. The fourth-order valence-electron chi connectivity index (χ4n) is 4.52. The van der Waals surface area contributed by atoms with Crippen LogP contribution in [0.2, 0.25) is 0 Å². The quantitative estimate of drug-likeness (QED) is 0.849. The number of likely N-dealkylation sites (tertiary alicyclic amines) is 1. The van der Waals surface area contributed by atoms with E-state index in [0.717, 1.165) is 51.9 Å². The third kappa shape index (κ3) is 3.68. The molecule has 1 atom stereocenters. The maximum Gasteiger partial charge on any atom is 0.317 e. The molecular formula is C18H32N4O2. The van der Waals surface area contributed by atoms with Crippen molar-refractivity contribution in [2.45, 2.75) is 70.0 Å². The van der Waals surface area contributed by atoms with Crippen molar-refractivity contribution in [2.24, 2.45) is 0 Å². The van der Waals surface area contributed by atoms with Crippen LogP contribution in [0.1, 0.15) is 51.9 Å². The zero-order valence-corrected chi connectivity index (χ0v) is 15.2. The molecule has 1 aliphatic carbocycles. The summed E-state index contributed by atoms with van der Waals surface area (Å²) < 4.78 is 0. The third-order valence-electron chi connectivity index (χ3n) is 6.20. The fourth-order valence-corrected chi connectivity index (χ4v) is 4.52. The van der Waals surface area contributed by atoms with E-state index in [9.17, 15) is 9.59 Å². The molecule has 6 heteroatoms. The van der Waals surface area contributed by atoms with Gasteiger partial charge in [-0.3, -0.25) is 9.69 Å². The Balaban J connectivity index is 1.49. The number of urea groups is 1. The molecule has 2 saturated heterocycles. The number of carbonyl (C=O) groups is 2. The smallest absolute Gasteiger partial charge is 0.317 e. The average Bonchev–Trinajstić information content (AvgIpc) is 3.06. The lowest BCUT2D eigenvalue weighted by atomic mass is 9.94. The zero-order chi connectivity index (χ0) is 17.1. The Hall–Kier alpha value is -1.30. The third-order valence-corrected chi connectivity index (χ3v) is 6.20. The van der Waals surface area contributed by atoms with Crippen LogP contribution in [0, 0.1) is 0 Å². The number of amides is 3. The maximum absolute atomic E-state index is 12.8. The van der Waals surface area contributed by atoms with Gasteiger partial charge < -0.3 is 15.1 Å². The molecule has 0 aromatic rings. The average molecular weight is 336 g/mol. The van der Waals surface area contributed by atoms with E-state index in [4.69, 9.17) is 0 Å². The number of carbonyl (C=O) groups excluding carboxylic acids is 2. The van der Waals surface area contributed by atoms with Crippen molar-refractivity contribution in [3.8, 4) is 0 Å². The van der Waals surface area contributed by atoms with Crippen molar-refractivity contribution in [1.82, 2.24) is 20.0 Å². The van der Waals surface area contributed by atoms with E-state index >= 15 is 0 Å². The lowest BCUT2D eigenvalue weighted by Crippen LogP contribution is -2.53. The minimum atomic E-state index is -0.0507. The van der Waals surface area contributed by atoms with E-state index in [1.165, 1.54) is 19.3 Å². The largest absolute Gasteiger partial charge is 0.341 e. The highest BCUT2D eigenvalue weighted by Crippen LogP contribution is 2.24. The van der Waals surface area contributed by atoms with E-state index in [0.29, 0.717) is 12.1 Å². The van der Waals surface area contributed by atoms with Gasteiger partial charge in [-0.05, 0) is 32.6 Å². The van der Waals surface area contributed by atoms with Crippen molar-refractivity contribution in [1.29, 1.82) is 0 Å². The standard InChI is InChI=1S/C18H32N4O2/c1-14(17(23)20(2)15-6-4-3-5-7-15)21-11-8-16(9-12-21)22-13-10-19-18(22)24/h14-16H,3-13H2,1-2H3,(H,19,24). The summed E-state index contributed by atoms with van der Waals surface area (Å²) in [5.74, 6) is 0.263. The summed E-state index contributed by atoms with van der Waals surface area (Å²) in [5.41, 5.74) is 0. The molecule has 0 aromatic heterocycles. The van der Waals surface area contributed by atoms with Gasteiger partial charge in [-0.15, -0.1) is 0 Å². The van der Waals surface area contributed by atoms with Crippen LogP contribution in [0.3, 0.4) is 0 Å². The molecule has 136 valence electrons. The van der Waals surface area contributed by atoms with Crippen LogP contribution in [-0.4, -0.2) is 78.0 Å². The Kier molecular flexibility index (Phi) is 5.64. The molecule has 3 fully saturated rings. The second kappa shape index (κ2) is 7.72. The summed E-state index contributed by atoms with van der Waals surface area (Å²) in [6, 6.07) is 0.793. The normalized spacial score (nSPS) is 25.6. The number of rotatable bonds is 4. The van der Waals surface area contributed by atoms with Crippen LogP contribution >= 0.6 is 0 Å². The van der Waals surface area contributed by atoms with Gasteiger partial charge in [0.1, 0.15) is 0 Å². The van der Waals surface area contributed by atoms with Crippen molar-refractivity contribution >= 4 is 11.9 Å². The number of likely N-dealkylation sites (N-methyl/N-ethyl adjacent to an activating group) is 1. The van der Waals surface area contributed by atoms with E-state index in [2.05, 4.69) is 10.2 Å². The van der Waals surface area contributed by atoms with Crippen LogP contribution in [0.5, 0.6) is 0 Å². The Bertz CT molecular complexity index is 456. The zero-order valence-electron chi connectivity index (χ0n) is 15.2. The Labute approximate surface area is 145 Å². The number of nitrogens with zero attached hydrogens (tertiary/aromatic N) is 3. The summed E-state index contributed by atoms with van der Waals surface area (Å²) in [6.07, 6.45) is 8.06. The van der Waals surface area contributed by atoms with Crippen molar-refractivity contribution in [3.63, 3.8) is 0 Å². The van der Waals surface area contributed by atoms with Gasteiger partial charge in [-0.1, -0.05) is 19.3 Å². The molecule has 1 saturated carbocycles. The molecule has 0 aromatic carbocycles. The Morgan fingerprint density at radius 2 is 1.79 bits per heavy atom. The molecule has 0 radical (unpaired) electrons. The topological polar surface area (TPSA) is 55.9 Å². The number of hydrogen-bond donors (Lipinski definition) is 1. The summed E-state index contributed by atoms with van der Waals surface area (Å²) in [7, 11) is 1.98. The fraction of sp³-hybridized carbons (Fsp3) is 0.889. The predicted molar refractivity (Wildman–Crippen MR) is 93.8 cm³/mol. The molecule has 0 bridgehead atoms. The Morgan fingerprint density at radius 1 is 1.12 bits per heavy atom. The molecule has 24 heavy (non-hydrogen) atoms. The van der Waals surface area contributed by atoms with Gasteiger partial charge in [0.2, 0.25) is 5.91 Å². The van der Waals surface area contributed by atoms with Crippen LogP contribution in [0.25, 0.3) is 0 Å². The molecule has 6 nitrogen and oxygen atoms in total. The SMILES string of the molecule is CC(C(=O)N(C)C1CCCCC1)N1CCC(N2CCNC2=O)CC1. The summed E-state index contributed by atoms with van der Waals surface area (Å²) >= 11 is 0. The molecule has 3 amide bonds. The first-order valence-corrected chi connectivity index (χ1v) is 9.63. The highest BCUT2D eigenvalue weighted by molar-refractivity contribution is 5.81. The molecule has 2 aliphatic heterocycles. The second-order valence-electron chi connectivity index (χ2n) is 7.61. The molecular weight excluding hydrogens is 304 g/mol. The van der Waals surface area contributed by atoms with Crippen molar-refractivity contribution < 1.29 is 9.59 Å². The number of nitrogens with one attached hydrogen (secondary N) is 1. The Morgan fingerprint density at radius 3 is 2.38 bits per heavy atom. The minimum absolute atomic E-state index is 0.0507. The summed E-state index contributed by atoms with van der Waals surface area (Å²) in [6.45, 7) is 5.44. The van der Waals surface area contributed by atoms with Gasteiger partial charge >= 0.3 is 6.03 Å². The van der Waals surface area contributed by atoms with Gasteiger partial charge in [0.25, 0.3) is 0 Å². The predicted octanol–water partition coefficient (Wildman–Crippen LogP) is 1.66. The van der Waals surface area contributed by atoms with E-state index in [-0.39, 0.29) is 18.0 Å². The van der Waals surface area contributed by atoms with Crippen LogP contribution < -0.4 is 5.32 Å². The van der Waals surface area contributed by atoms with Crippen LogP contribution in [0.15, 0.2) is 0 Å². The van der Waals surface area contributed by atoms with Crippen LogP contribution in [-0.2, 0) is 4.79 Å². The minimum Gasteiger partial charge on any atom is -0.341 e. The first-order valence-electron chi connectivity index (χ1n) is 9.63. The number of hydrogen-bond acceptors (Lipinski definition) is 3. The van der Waals surface area contributed by atoms with Gasteiger partial charge in [-0.2, -0.15) is 0 Å². The monoisotopic (exact) mass is 336 g/mol. The van der Waals surface area contributed by atoms with Gasteiger partial charge in [-0.25, -0.2) is 4.79 Å². The number of piperidine rings is 1. The van der Waals surface area contributed by atoms with Crippen LogP contribution in [0.4, 0.5) is 4.79 Å². The lowest BCUT2D eigenvalue weighted by Gasteiger charge is -2.40. The summed E-state index contributed by atoms with van der Waals surface area (Å²) in [5, 5.41) is 2.88. The van der Waals surface area contributed by atoms with Gasteiger partial charge in [0.15, 0.2) is 0 Å². The van der Waals surface area contributed by atoms with E-state index < -0.39 is 0 Å². The maximum atomic E-state index is 12.8. The van der Waals surface area contributed by atoms with E-state index in [1.807, 2.05) is 23.8 Å². The molecule has 2 heterocycles. The molecule has 1 N–H and O–H groups in total. The van der Waals surface area contributed by atoms with Gasteiger partial charge in [0, 0.05) is 45.3 Å². The van der Waals surface area contributed by atoms with Crippen molar-refractivity contribution in [2.75, 3.05) is 33.2 Å². The molecule has 1 unspecified atom stereocenters. The first kappa shape index (κ1) is 17.5. The summed E-state index contributed by atoms with van der Waals surface area (Å²) in [4.78, 5) is 30.9. The molecule has 0 spiro atoms. The first-order chi connectivity index (χ1) is 11.6. The second-order valence-corrected chi connectivity index (χ2v) is 7.61. The lowest BCUT2D eigenvalue weighted by molar-refractivity contribution is -0.138. The van der Waals surface area contributed by atoms with E-state index in [1.54, 1.807) is 0 Å². The molecule has 3 aliphatic rings. The van der Waals surface area contributed by atoms with Gasteiger partial charge in [0.05, 0.1) is 6.04 Å². The highest BCUT2D eigenvalue weighted by Gasteiger charge is 2.34. The molecule has 3 rings (SSSR count). The van der Waals surface area contributed by atoms with Crippen molar-refractivity contribution in [3.05, 3.63) is 0 Å².